The maximum atomic E-state index is 13.5. The van der Waals surface area contributed by atoms with E-state index in [1.54, 1.807) is 30.5 Å². The maximum absolute atomic E-state index is 13.5. The second-order valence-corrected chi connectivity index (χ2v) is 8.61. The van der Waals surface area contributed by atoms with Crippen LogP contribution >= 0.6 is 0 Å². The van der Waals surface area contributed by atoms with Gasteiger partial charge in [0.25, 0.3) is 5.69 Å². The lowest BCUT2D eigenvalue weighted by Crippen LogP contribution is -2.34. The number of Topliss-reactive ketones (excluding diaryl/α,β-unsaturated/α-hetero) is 2. The number of benzene rings is 2. The molecule has 0 amide bonds. The van der Waals surface area contributed by atoms with Gasteiger partial charge in [0.2, 0.25) is 0 Å². The molecule has 162 valence electrons. The number of nitro groups is 1. The Morgan fingerprint density at radius 2 is 1.67 bits per heavy atom. The number of rotatable bonds is 3. The summed E-state index contributed by atoms with van der Waals surface area (Å²) in [5.41, 5.74) is 3.95. The van der Waals surface area contributed by atoms with Crippen LogP contribution in [0, 0.1) is 16.0 Å². The molecule has 3 aliphatic rings. The molecule has 3 aromatic rings. The van der Waals surface area contributed by atoms with Crippen molar-refractivity contribution < 1.29 is 18.9 Å². The molecule has 7 heteroatoms. The van der Waals surface area contributed by atoms with Crippen LogP contribution in [0.5, 0.6) is 0 Å². The SMILES string of the molecule is O=C1C[C@H](c2ccco2)CC2=C1[C@@H](c1ccc([N+](=O)[O-])cc1)C1C(=O)c3ccccc3C1=N2. The van der Waals surface area contributed by atoms with E-state index in [1.807, 2.05) is 24.3 Å². The highest BCUT2D eigenvalue weighted by Crippen LogP contribution is 2.50. The van der Waals surface area contributed by atoms with Gasteiger partial charge in [-0.15, -0.1) is 0 Å². The van der Waals surface area contributed by atoms with E-state index in [-0.39, 0.29) is 29.6 Å². The van der Waals surface area contributed by atoms with Crippen LogP contribution in [0.3, 0.4) is 0 Å². The van der Waals surface area contributed by atoms with Gasteiger partial charge in [-0.05, 0) is 17.7 Å². The minimum atomic E-state index is -0.619. The minimum Gasteiger partial charge on any atom is -0.469 e. The predicted molar refractivity (Wildman–Crippen MR) is 119 cm³/mol. The van der Waals surface area contributed by atoms with E-state index in [4.69, 9.17) is 9.41 Å². The molecule has 1 aromatic heterocycles. The van der Waals surface area contributed by atoms with Crippen molar-refractivity contribution in [3.8, 4) is 0 Å². The number of non-ortho nitro benzene ring substituents is 1. The first-order valence-corrected chi connectivity index (χ1v) is 10.8. The molecule has 7 nitrogen and oxygen atoms in total. The summed E-state index contributed by atoms with van der Waals surface area (Å²) < 4.78 is 5.57. The summed E-state index contributed by atoms with van der Waals surface area (Å²) in [5.74, 6) is -0.651. The Bertz CT molecular complexity index is 1380. The van der Waals surface area contributed by atoms with Crippen molar-refractivity contribution in [1.82, 2.24) is 0 Å². The highest BCUT2D eigenvalue weighted by Gasteiger charge is 2.49. The Labute approximate surface area is 188 Å². The van der Waals surface area contributed by atoms with Crippen LogP contribution < -0.4 is 0 Å². The highest BCUT2D eigenvalue weighted by atomic mass is 16.6. The molecule has 0 radical (unpaired) electrons. The first-order chi connectivity index (χ1) is 16.0. The average molecular weight is 438 g/mol. The lowest BCUT2D eigenvalue weighted by Gasteiger charge is -2.35. The molecule has 3 atom stereocenters. The van der Waals surface area contributed by atoms with Gasteiger partial charge in [-0.3, -0.25) is 24.7 Å². The van der Waals surface area contributed by atoms with Crippen LogP contribution in [0.2, 0.25) is 0 Å². The number of carbonyl (C=O) groups excluding carboxylic acids is 2. The van der Waals surface area contributed by atoms with Gasteiger partial charge in [-0.25, -0.2) is 0 Å². The summed E-state index contributed by atoms with van der Waals surface area (Å²) in [5, 5.41) is 11.2. The molecule has 2 aromatic carbocycles. The Balaban J connectivity index is 1.53. The van der Waals surface area contributed by atoms with Gasteiger partial charge in [0, 0.05) is 59.2 Å². The summed E-state index contributed by atoms with van der Waals surface area (Å²) >= 11 is 0. The van der Waals surface area contributed by atoms with Crippen LogP contribution in [0.25, 0.3) is 0 Å². The van der Waals surface area contributed by atoms with Gasteiger partial charge < -0.3 is 4.42 Å². The first kappa shape index (κ1) is 19.5. The fourth-order valence-electron chi connectivity index (χ4n) is 5.39. The molecule has 0 saturated heterocycles. The molecular formula is C26H18N2O5. The van der Waals surface area contributed by atoms with E-state index in [0.29, 0.717) is 34.5 Å². The molecule has 0 saturated carbocycles. The van der Waals surface area contributed by atoms with Crippen molar-refractivity contribution in [1.29, 1.82) is 0 Å². The third-order valence-electron chi connectivity index (χ3n) is 6.84. The monoisotopic (exact) mass is 438 g/mol. The van der Waals surface area contributed by atoms with E-state index >= 15 is 0 Å². The van der Waals surface area contributed by atoms with Crippen molar-refractivity contribution in [2.75, 3.05) is 0 Å². The van der Waals surface area contributed by atoms with Crippen LogP contribution in [0.4, 0.5) is 5.69 Å². The Morgan fingerprint density at radius 3 is 2.36 bits per heavy atom. The first-order valence-electron chi connectivity index (χ1n) is 10.8. The number of nitrogens with zero attached hydrogens (tertiary/aromatic N) is 2. The van der Waals surface area contributed by atoms with Gasteiger partial charge in [0.15, 0.2) is 11.6 Å². The van der Waals surface area contributed by atoms with Crippen molar-refractivity contribution in [3.05, 3.63) is 111 Å². The van der Waals surface area contributed by atoms with E-state index in [9.17, 15) is 19.7 Å². The number of nitro benzene ring substituents is 1. The zero-order chi connectivity index (χ0) is 22.7. The summed E-state index contributed by atoms with van der Waals surface area (Å²) in [7, 11) is 0. The molecule has 0 fully saturated rings. The summed E-state index contributed by atoms with van der Waals surface area (Å²) in [6.45, 7) is 0. The van der Waals surface area contributed by atoms with Gasteiger partial charge in [0.1, 0.15) is 5.76 Å². The lowest BCUT2D eigenvalue weighted by atomic mass is 9.69. The zero-order valence-electron chi connectivity index (χ0n) is 17.4. The largest absolute Gasteiger partial charge is 0.469 e. The maximum Gasteiger partial charge on any atom is 0.269 e. The second-order valence-electron chi connectivity index (χ2n) is 8.61. The Hall–Kier alpha value is -4.13. The molecule has 0 bridgehead atoms. The summed E-state index contributed by atoms with van der Waals surface area (Å²) in [6, 6.07) is 17.2. The Morgan fingerprint density at radius 1 is 0.909 bits per heavy atom. The minimum absolute atomic E-state index is 0.0356. The second kappa shape index (κ2) is 7.20. The standard InChI is InChI=1S/C26H18N2O5/c29-20-13-15(21-6-3-11-33-21)12-19-23(20)22(14-7-9-16(10-8-14)28(31)32)24-25(27-19)17-4-1-2-5-18(17)26(24)30/h1-11,15,22,24H,12-13H2/t15-,22-,24?/m1/s1. The van der Waals surface area contributed by atoms with Gasteiger partial charge in [-0.1, -0.05) is 36.4 Å². The fraction of sp³-hybridized carbons (Fsp3) is 0.192. The van der Waals surface area contributed by atoms with Crippen LogP contribution in [-0.4, -0.2) is 22.2 Å². The predicted octanol–water partition coefficient (Wildman–Crippen LogP) is 4.99. The van der Waals surface area contributed by atoms with Crippen LogP contribution in [0.1, 0.15) is 51.9 Å². The number of hydrogen-bond acceptors (Lipinski definition) is 6. The van der Waals surface area contributed by atoms with Crippen molar-refractivity contribution in [2.45, 2.75) is 24.7 Å². The molecule has 2 heterocycles. The van der Waals surface area contributed by atoms with Crippen molar-refractivity contribution in [2.24, 2.45) is 10.9 Å². The van der Waals surface area contributed by atoms with Gasteiger partial charge in [0.05, 0.1) is 22.8 Å². The highest BCUT2D eigenvalue weighted by molar-refractivity contribution is 6.30. The van der Waals surface area contributed by atoms with Crippen molar-refractivity contribution >= 4 is 23.0 Å². The molecule has 2 aliphatic carbocycles. The smallest absolute Gasteiger partial charge is 0.269 e. The molecule has 6 rings (SSSR count). The topological polar surface area (TPSA) is 103 Å². The molecule has 1 aliphatic heterocycles. The van der Waals surface area contributed by atoms with Crippen molar-refractivity contribution in [3.63, 3.8) is 0 Å². The molecule has 0 spiro atoms. The summed E-state index contributed by atoms with van der Waals surface area (Å²) in [6.07, 6.45) is 2.40. The number of aliphatic imine (C=N–C) groups is 1. The number of furan rings is 1. The van der Waals surface area contributed by atoms with E-state index in [0.717, 1.165) is 11.3 Å². The Kier molecular flexibility index (Phi) is 4.26. The number of ketones is 2. The summed E-state index contributed by atoms with van der Waals surface area (Å²) in [4.78, 5) is 42.6. The van der Waals surface area contributed by atoms with Gasteiger partial charge >= 0.3 is 0 Å². The number of allylic oxidation sites excluding steroid dienone is 2. The van der Waals surface area contributed by atoms with Crippen LogP contribution in [-0.2, 0) is 4.79 Å². The average Bonchev–Trinajstić information content (AvgIpc) is 3.46. The van der Waals surface area contributed by atoms with Crippen LogP contribution in [0.15, 0.2) is 87.6 Å². The normalized spacial score (nSPS) is 23.6. The zero-order valence-corrected chi connectivity index (χ0v) is 17.4. The quantitative estimate of drug-likeness (QED) is 0.423. The van der Waals surface area contributed by atoms with Gasteiger partial charge in [-0.2, -0.15) is 0 Å². The molecule has 33 heavy (non-hydrogen) atoms. The molecule has 1 unspecified atom stereocenters. The number of carbonyl (C=O) groups is 2. The van der Waals surface area contributed by atoms with E-state index < -0.39 is 16.8 Å². The number of hydrogen-bond donors (Lipinski definition) is 0. The molecule has 0 N–H and O–H groups in total. The van der Waals surface area contributed by atoms with E-state index in [1.165, 1.54) is 12.1 Å². The lowest BCUT2D eigenvalue weighted by molar-refractivity contribution is -0.384. The third-order valence-corrected chi connectivity index (χ3v) is 6.84. The third kappa shape index (κ3) is 2.92. The van der Waals surface area contributed by atoms with E-state index in [2.05, 4.69) is 0 Å². The molecular weight excluding hydrogens is 420 g/mol. The number of fused-ring (bicyclic) bond motifs is 3. The fourth-order valence-corrected chi connectivity index (χ4v) is 5.39.